The lowest BCUT2D eigenvalue weighted by atomic mass is 10.0. The van der Waals surface area contributed by atoms with Crippen LogP contribution in [0.1, 0.15) is 11.3 Å². The van der Waals surface area contributed by atoms with Crippen molar-refractivity contribution in [1.82, 2.24) is 10.3 Å². The van der Waals surface area contributed by atoms with Crippen LogP contribution in [0.2, 0.25) is 0 Å². The van der Waals surface area contributed by atoms with E-state index in [-0.39, 0.29) is 0 Å². The summed E-state index contributed by atoms with van der Waals surface area (Å²) in [4.78, 5) is 14.8. The summed E-state index contributed by atoms with van der Waals surface area (Å²) in [5.41, 5.74) is 1.99. The number of aliphatic carboxylic acids is 1. The monoisotopic (exact) mass is 178 g/mol. The van der Waals surface area contributed by atoms with Crippen LogP contribution in [-0.2, 0) is 17.8 Å². The maximum atomic E-state index is 10.7. The van der Waals surface area contributed by atoms with Gasteiger partial charge >= 0.3 is 5.97 Å². The molecule has 0 radical (unpaired) electrons. The van der Waals surface area contributed by atoms with Crippen LogP contribution in [0.5, 0.6) is 0 Å². The van der Waals surface area contributed by atoms with E-state index < -0.39 is 12.0 Å². The van der Waals surface area contributed by atoms with Gasteiger partial charge in [0.25, 0.3) is 0 Å². The van der Waals surface area contributed by atoms with Crippen LogP contribution in [0, 0.1) is 0 Å². The summed E-state index contributed by atoms with van der Waals surface area (Å²) in [5, 5.41) is 11.7. The number of nitrogens with one attached hydrogen (secondary N) is 1. The number of carboxylic acids is 1. The van der Waals surface area contributed by atoms with Crippen molar-refractivity contribution in [1.29, 1.82) is 0 Å². The topological polar surface area (TPSA) is 62.2 Å². The zero-order valence-electron chi connectivity index (χ0n) is 7.03. The van der Waals surface area contributed by atoms with E-state index in [0.717, 1.165) is 11.3 Å². The molecule has 1 aromatic heterocycles. The van der Waals surface area contributed by atoms with E-state index in [1.165, 1.54) is 0 Å². The number of fused-ring (bicyclic) bond motifs is 1. The highest BCUT2D eigenvalue weighted by Crippen LogP contribution is 2.13. The first-order chi connectivity index (χ1) is 6.27. The van der Waals surface area contributed by atoms with Gasteiger partial charge < -0.3 is 5.11 Å². The molecule has 4 heteroatoms. The van der Waals surface area contributed by atoms with Crippen LogP contribution < -0.4 is 5.32 Å². The molecule has 2 rings (SSSR count). The van der Waals surface area contributed by atoms with E-state index in [1.807, 2.05) is 12.1 Å². The fourth-order valence-electron chi connectivity index (χ4n) is 1.49. The highest BCUT2D eigenvalue weighted by Gasteiger charge is 2.23. The Morgan fingerprint density at radius 2 is 2.54 bits per heavy atom. The second-order valence-electron chi connectivity index (χ2n) is 3.09. The molecule has 1 aliphatic heterocycles. The van der Waals surface area contributed by atoms with Crippen molar-refractivity contribution >= 4 is 5.97 Å². The van der Waals surface area contributed by atoms with Crippen LogP contribution in [0.3, 0.4) is 0 Å². The molecule has 0 amide bonds. The molecule has 0 bridgehead atoms. The zero-order chi connectivity index (χ0) is 9.26. The second-order valence-corrected chi connectivity index (χ2v) is 3.09. The molecular weight excluding hydrogens is 168 g/mol. The molecule has 13 heavy (non-hydrogen) atoms. The minimum absolute atomic E-state index is 0.478. The van der Waals surface area contributed by atoms with Gasteiger partial charge in [0.1, 0.15) is 6.04 Å². The van der Waals surface area contributed by atoms with Crippen LogP contribution in [0.4, 0.5) is 0 Å². The SMILES string of the molecule is O=C(O)C1Cc2ncccc2CN1. The van der Waals surface area contributed by atoms with Crippen LogP contribution >= 0.6 is 0 Å². The van der Waals surface area contributed by atoms with Gasteiger partial charge in [0, 0.05) is 24.9 Å². The second kappa shape index (κ2) is 3.14. The van der Waals surface area contributed by atoms with Gasteiger partial charge in [0.15, 0.2) is 0 Å². The Morgan fingerprint density at radius 3 is 3.31 bits per heavy atom. The summed E-state index contributed by atoms with van der Waals surface area (Å²) < 4.78 is 0. The largest absolute Gasteiger partial charge is 0.480 e. The summed E-state index contributed by atoms with van der Waals surface area (Å²) in [6.07, 6.45) is 2.18. The molecular formula is C9H10N2O2. The van der Waals surface area contributed by atoms with Crippen molar-refractivity contribution in [2.75, 3.05) is 0 Å². The van der Waals surface area contributed by atoms with Crippen LogP contribution in [-0.4, -0.2) is 22.1 Å². The van der Waals surface area contributed by atoms with Gasteiger partial charge in [-0.1, -0.05) is 6.07 Å². The molecule has 0 saturated carbocycles. The van der Waals surface area contributed by atoms with E-state index in [9.17, 15) is 4.79 Å². The molecule has 0 spiro atoms. The van der Waals surface area contributed by atoms with Crippen molar-refractivity contribution in [3.63, 3.8) is 0 Å². The van der Waals surface area contributed by atoms with Gasteiger partial charge in [-0.2, -0.15) is 0 Å². The first-order valence-electron chi connectivity index (χ1n) is 4.16. The summed E-state index contributed by atoms with van der Waals surface area (Å²) in [7, 11) is 0. The van der Waals surface area contributed by atoms with Crippen molar-refractivity contribution in [3.05, 3.63) is 29.6 Å². The molecule has 1 aliphatic rings. The number of hydrogen-bond donors (Lipinski definition) is 2. The molecule has 0 aromatic carbocycles. The fraction of sp³-hybridized carbons (Fsp3) is 0.333. The van der Waals surface area contributed by atoms with Crippen molar-refractivity contribution < 1.29 is 9.90 Å². The first kappa shape index (κ1) is 8.19. The summed E-state index contributed by atoms with van der Waals surface area (Å²) >= 11 is 0. The molecule has 1 unspecified atom stereocenters. The predicted molar refractivity (Wildman–Crippen MR) is 46.2 cm³/mol. The third-order valence-electron chi connectivity index (χ3n) is 2.22. The molecule has 2 N–H and O–H groups in total. The highest BCUT2D eigenvalue weighted by molar-refractivity contribution is 5.74. The van der Waals surface area contributed by atoms with E-state index in [0.29, 0.717) is 13.0 Å². The van der Waals surface area contributed by atoms with Crippen molar-refractivity contribution in [2.45, 2.75) is 19.0 Å². The molecule has 0 aliphatic carbocycles. The Kier molecular flexibility index (Phi) is 1.98. The van der Waals surface area contributed by atoms with Crippen LogP contribution in [0.15, 0.2) is 18.3 Å². The molecule has 1 aromatic rings. The Bertz CT molecular complexity index is 338. The number of aromatic nitrogens is 1. The molecule has 4 nitrogen and oxygen atoms in total. The highest BCUT2D eigenvalue weighted by atomic mass is 16.4. The number of nitrogens with zero attached hydrogens (tertiary/aromatic N) is 1. The Morgan fingerprint density at radius 1 is 1.69 bits per heavy atom. The Hall–Kier alpha value is -1.42. The summed E-state index contributed by atoms with van der Waals surface area (Å²) in [6, 6.07) is 3.34. The summed E-state index contributed by atoms with van der Waals surface area (Å²) in [6.45, 7) is 0.597. The maximum absolute atomic E-state index is 10.7. The van der Waals surface area contributed by atoms with E-state index in [2.05, 4.69) is 10.3 Å². The lowest BCUT2D eigenvalue weighted by molar-refractivity contribution is -0.139. The minimum Gasteiger partial charge on any atom is -0.480 e. The maximum Gasteiger partial charge on any atom is 0.321 e. The third kappa shape index (κ3) is 1.53. The van der Waals surface area contributed by atoms with Crippen molar-refractivity contribution in [2.24, 2.45) is 0 Å². The zero-order valence-corrected chi connectivity index (χ0v) is 7.03. The average molecular weight is 178 g/mol. The summed E-state index contributed by atoms with van der Waals surface area (Å²) in [5.74, 6) is -0.809. The first-order valence-corrected chi connectivity index (χ1v) is 4.16. The van der Waals surface area contributed by atoms with E-state index >= 15 is 0 Å². The third-order valence-corrected chi connectivity index (χ3v) is 2.22. The number of rotatable bonds is 1. The smallest absolute Gasteiger partial charge is 0.321 e. The fourth-order valence-corrected chi connectivity index (χ4v) is 1.49. The predicted octanol–water partition coefficient (Wildman–Crippen LogP) is 0.180. The van der Waals surface area contributed by atoms with Crippen molar-refractivity contribution in [3.8, 4) is 0 Å². The standard InChI is InChI=1S/C9H10N2O2/c12-9(13)8-4-7-6(5-11-8)2-1-3-10-7/h1-3,8,11H,4-5H2,(H,12,13). The number of carbonyl (C=O) groups is 1. The van der Waals surface area contributed by atoms with E-state index in [4.69, 9.17) is 5.11 Å². The Labute approximate surface area is 75.6 Å². The molecule has 0 fully saturated rings. The molecule has 1 atom stereocenters. The quantitative estimate of drug-likeness (QED) is 0.644. The molecule has 68 valence electrons. The molecule has 0 saturated heterocycles. The van der Waals surface area contributed by atoms with Gasteiger partial charge in [0.2, 0.25) is 0 Å². The van der Waals surface area contributed by atoms with Gasteiger partial charge in [-0.15, -0.1) is 0 Å². The normalized spacial score (nSPS) is 20.8. The average Bonchev–Trinajstić information content (AvgIpc) is 2.17. The minimum atomic E-state index is -0.809. The van der Waals surface area contributed by atoms with Gasteiger partial charge in [-0.25, -0.2) is 0 Å². The number of carboxylic acid groups (broad SMARTS) is 1. The van der Waals surface area contributed by atoms with E-state index in [1.54, 1.807) is 6.20 Å². The van der Waals surface area contributed by atoms with Gasteiger partial charge in [-0.05, 0) is 11.6 Å². The number of pyridine rings is 1. The van der Waals surface area contributed by atoms with Gasteiger partial charge in [-0.3, -0.25) is 15.1 Å². The number of hydrogen-bond acceptors (Lipinski definition) is 3. The van der Waals surface area contributed by atoms with Crippen LogP contribution in [0.25, 0.3) is 0 Å². The van der Waals surface area contributed by atoms with Gasteiger partial charge in [0.05, 0.1) is 0 Å². The lowest BCUT2D eigenvalue weighted by Crippen LogP contribution is -2.41. The lowest BCUT2D eigenvalue weighted by Gasteiger charge is -2.21. The Balaban J connectivity index is 2.24. The molecule has 2 heterocycles.